The van der Waals surface area contributed by atoms with Gasteiger partial charge in [0.25, 0.3) is 0 Å². The van der Waals surface area contributed by atoms with Crippen LogP contribution in [0.15, 0.2) is 36.7 Å². The maximum atomic E-state index is 5.81. The third-order valence-electron chi connectivity index (χ3n) is 3.62. The molecular weight excluding hydrogens is 264 g/mol. The molecule has 2 heterocycles. The molecule has 2 aromatic rings. The predicted octanol–water partition coefficient (Wildman–Crippen LogP) is 1.77. The molecule has 3 rings (SSSR count). The molecule has 0 radical (unpaired) electrons. The first-order chi connectivity index (χ1) is 10.3. The average Bonchev–Trinajstić information content (AvgIpc) is 2.55. The second-order valence-corrected chi connectivity index (χ2v) is 5.14. The van der Waals surface area contributed by atoms with Gasteiger partial charge in [0, 0.05) is 44.3 Å². The second kappa shape index (κ2) is 6.54. The van der Waals surface area contributed by atoms with Gasteiger partial charge >= 0.3 is 0 Å². The Hall–Kier alpha value is -2.14. The van der Waals surface area contributed by atoms with Crippen LogP contribution in [0.2, 0.25) is 0 Å². The summed E-state index contributed by atoms with van der Waals surface area (Å²) in [7, 11) is 0. The molecule has 1 aromatic carbocycles. The van der Waals surface area contributed by atoms with Crippen molar-refractivity contribution < 1.29 is 4.74 Å². The summed E-state index contributed by atoms with van der Waals surface area (Å²) >= 11 is 0. The van der Waals surface area contributed by atoms with Crippen molar-refractivity contribution in [1.29, 1.82) is 0 Å². The fourth-order valence-corrected chi connectivity index (χ4v) is 2.46. The van der Waals surface area contributed by atoms with Crippen LogP contribution in [0.1, 0.15) is 11.4 Å². The van der Waals surface area contributed by atoms with Crippen LogP contribution in [0.5, 0.6) is 5.75 Å². The molecule has 0 aliphatic carbocycles. The summed E-state index contributed by atoms with van der Waals surface area (Å²) in [4.78, 5) is 10.7. The van der Waals surface area contributed by atoms with Crippen LogP contribution < -0.4 is 15.0 Å². The van der Waals surface area contributed by atoms with E-state index in [1.54, 1.807) is 18.5 Å². The van der Waals surface area contributed by atoms with Gasteiger partial charge in [0.05, 0.1) is 0 Å². The molecule has 1 aliphatic heterocycles. The minimum atomic E-state index is 0.397. The molecule has 21 heavy (non-hydrogen) atoms. The summed E-state index contributed by atoms with van der Waals surface area (Å²) in [5, 5.41) is 3.37. The van der Waals surface area contributed by atoms with E-state index in [9.17, 15) is 0 Å². The molecule has 0 amide bonds. The van der Waals surface area contributed by atoms with E-state index in [1.165, 1.54) is 5.69 Å². The van der Waals surface area contributed by atoms with Gasteiger partial charge in [-0.2, -0.15) is 0 Å². The zero-order valence-electron chi connectivity index (χ0n) is 12.2. The molecule has 5 nitrogen and oxygen atoms in total. The lowest BCUT2D eigenvalue weighted by Gasteiger charge is -2.29. The summed E-state index contributed by atoms with van der Waals surface area (Å²) < 4.78 is 5.81. The molecule has 0 bridgehead atoms. The fraction of sp³-hybridized carbons (Fsp3) is 0.375. The van der Waals surface area contributed by atoms with E-state index in [0.29, 0.717) is 12.4 Å². The summed E-state index contributed by atoms with van der Waals surface area (Å²) in [5.41, 5.74) is 2.40. The fourth-order valence-electron chi connectivity index (χ4n) is 2.46. The Kier molecular flexibility index (Phi) is 4.31. The Bertz CT molecular complexity index is 582. The molecule has 1 saturated heterocycles. The van der Waals surface area contributed by atoms with Crippen molar-refractivity contribution in [3.63, 3.8) is 0 Å². The van der Waals surface area contributed by atoms with E-state index < -0.39 is 0 Å². The Morgan fingerprint density at radius 2 is 1.95 bits per heavy atom. The lowest BCUT2D eigenvalue weighted by Crippen LogP contribution is -2.43. The molecule has 0 spiro atoms. The molecule has 110 valence electrons. The summed E-state index contributed by atoms with van der Waals surface area (Å²) in [6, 6.07) is 8.15. The van der Waals surface area contributed by atoms with Gasteiger partial charge in [0.2, 0.25) is 0 Å². The number of aryl methyl sites for hydroxylation is 1. The van der Waals surface area contributed by atoms with Crippen molar-refractivity contribution in [2.45, 2.75) is 13.5 Å². The van der Waals surface area contributed by atoms with Gasteiger partial charge in [-0.1, -0.05) is 0 Å². The second-order valence-electron chi connectivity index (χ2n) is 5.14. The number of nitrogens with zero attached hydrogens (tertiary/aromatic N) is 3. The minimum Gasteiger partial charge on any atom is -0.485 e. The SMILES string of the molecule is Cc1cc(N2CCNCC2)ccc1OCc1ncccn1. The van der Waals surface area contributed by atoms with Gasteiger partial charge in [-0.05, 0) is 36.8 Å². The molecule has 1 aromatic heterocycles. The molecular formula is C16H20N4O. The Labute approximate surface area is 125 Å². The Morgan fingerprint density at radius 3 is 2.67 bits per heavy atom. The van der Waals surface area contributed by atoms with E-state index >= 15 is 0 Å². The Balaban J connectivity index is 1.66. The van der Waals surface area contributed by atoms with Crippen molar-refractivity contribution >= 4 is 5.69 Å². The monoisotopic (exact) mass is 284 g/mol. The summed E-state index contributed by atoms with van der Waals surface area (Å²) in [6.45, 7) is 6.67. The number of rotatable bonds is 4. The van der Waals surface area contributed by atoms with Gasteiger partial charge in [0.15, 0.2) is 5.82 Å². The first-order valence-corrected chi connectivity index (χ1v) is 7.28. The number of hydrogen-bond acceptors (Lipinski definition) is 5. The normalized spacial score (nSPS) is 15.0. The number of hydrogen-bond donors (Lipinski definition) is 1. The standard InChI is InChI=1S/C16H20N4O/c1-13-11-14(20-9-7-17-8-10-20)3-4-15(13)21-12-16-18-5-2-6-19-16/h2-6,11,17H,7-10,12H2,1H3. The van der Waals surface area contributed by atoms with Gasteiger partial charge in [-0.25, -0.2) is 9.97 Å². The van der Waals surface area contributed by atoms with Crippen LogP contribution >= 0.6 is 0 Å². The number of nitrogens with one attached hydrogen (secondary N) is 1. The third-order valence-corrected chi connectivity index (χ3v) is 3.62. The zero-order chi connectivity index (χ0) is 14.5. The summed E-state index contributed by atoms with van der Waals surface area (Å²) in [6.07, 6.45) is 3.46. The van der Waals surface area contributed by atoms with Gasteiger partial charge < -0.3 is 15.0 Å². The van der Waals surface area contributed by atoms with Crippen LogP contribution in [-0.2, 0) is 6.61 Å². The molecule has 0 atom stereocenters. The van der Waals surface area contributed by atoms with Crippen molar-refractivity contribution in [3.8, 4) is 5.75 Å². The van der Waals surface area contributed by atoms with Crippen LogP contribution in [0.3, 0.4) is 0 Å². The molecule has 0 saturated carbocycles. The molecule has 1 fully saturated rings. The third kappa shape index (κ3) is 3.49. The molecule has 5 heteroatoms. The quantitative estimate of drug-likeness (QED) is 0.927. The maximum absolute atomic E-state index is 5.81. The molecule has 0 unspecified atom stereocenters. The smallest absolute Gasteiger partial charge is 0.166 e. The van der Waals surface area contributed by atoms with Crippen molar-refractivity contribution in [1.82, 2.24) is 15.3 Å². The number of benzene rings is 1. The van der Waals surface area contributed by atoms with Crippen molar-refractivity contribution in [3.05, 3.63) is 48.0 Å². The van der Waals surface area contributed by atoms with Crippen LogP contribution in [-0.4, -0.2) is 36.1 Å². The molecule has 1 N–H and O–H groups in total. The van der Waals surface area contributed by atoms with E-state index in [4.69, 9.17) is 4.74 Å². The predicted molar refractivity (Wildman–Crippen MR) is 82.6 cm³/mol. The number of piperazine rings is 1. The van der Waals surface area contributed by atoms with Gasteiger partial charge in [-0.15, -0.1) is 0 Å². The molecule has 1 aliphatic rings. The van der Waals surface area contributed by atoms with E-state index in [-0.39, 0.29) is 0 Å². The van der Waals surface area contributed by atoms with Crippen LogP contribution in [0, 0.1) is 6.92 Å². The van der Waals surface area contributed by atoms with Crippen LogP contribution in [0.25, 0.3) is 0 Å². The van der Waals surface area contributed by atoms with Crippen molar-refractivity contribution in [2.24, 2.45) is 0 Å². The highest BCUT2D eigenvalue weighted by Gasteiger charge is 2.11. The number of aromatic nitrogens is 2. The van der Waals surface area contributed by atoms with Gasteiger partial charge in [0.1, 0.15) is 12.4 Å². The zero-order valence-corrected chi connectivity index (χ0v) is 12.2. The van der Waals surface area contributed by atoms with E-state index in [2.05, 4.69) is 39.2 Å². The first-order valence-electron chi connectivity index (χ1n) is 7.28. The largest absolute Gasteiger partial charge is 0.485 e. The first kappa shape index (κ1) is 13.8. The van der Waals surface area contributed by atoms with E-state index in [1.807, 2.05) is 6.07 Å². The maximum Gasteiger partial charge on any atom is 0.166 e. The number of anilines is 1. The highest BCUT2D eigenvalue weighted by atomic mass is 16.5. The highest BCUT2D eigenvalue weighted by molar-refractivity contribution is 5.53. The van der Waals surface area contributed by atoms with Crippen LogP contribution in [0.4, 0.5) is 5.69 Å². The van der Waals surface area contributed by atoms with E-state index in [0.717, 1.165) is 37.5 Å². The average molecular weight is 284 g/mol. The Morgan fingerprint density at radius 1 is 1.19 bits per heavy atom. The number of ether oxygens (including phenoxy) is 1. The highest BCUT2D eigenvalue weighted by Crippen LogP contribution is 2.25. The van der Waals surface area contributed by atoms with Gasteiger partial charge in [-0.3, -0.25) is 0 Å². The lowest BCUT2D eigenvalue weighted by atomic mass is 10.1. The minimum absolute atomic E-state index is 0.397. The van der Waals surface area contributed by atoms with Crippen molar-refractivity contribution in [2.75, 3.05) is 31.1 Å². The topological polar surface area (TPSA) is 50.3 Å². The lowest BCUT2D eigenvalue weighted by molar-refractivity contribution is 0.294. The summed E-state index contributed by atoms with van der Waals surface area (Å²) in [5.74, 6) is 1.59.